The zero-order valence-electron chi connectivity index (χ0n) is 18.9. The van der Waals surface area contributed by atoms with Crippen molar-refractivity contribution in [3.63, 3.8) is 0 Å². The minimum atomic E-state index is -1.29. The molecule has 7 nitrogen and oxygen atoms in total. The molecule has 1 aliphatic heterocycles. The van der Waals surface area contributed by atoms with Gasteiger partial charge in [-0.2, -0.15) is 0 Å². The van der Waals surface area contributed by atoms with Crippen LogP contribution in [-0.4, -0.2) is 60.4 Å². The fourth-order valence-corrected chi connectivity index (χ4v) is 3.69. The first-order chi connectivity index (χ1) is 16.5. The summed E-state index contributed by atoms with van der Waals surface area (Å²) in [6, 6.07) is 10.7. The summed E-state index contributed by atoms with van der Waals surface area (Å²) >= 11 is 0. The maximum Gasteiger partial charge on any atom is 0.293 e. The molecule has 0 amide bonds. The Kier molecular flexibility index (Phi) is 9.39. The summed E-state index contributed by atoms with van der Waals surface area (Å²) in [5.41, 5.74) is -0.294. The van der Waals surface area contributed by atoms with Crippen molar-refractivity contribution in [1.82, 2.24) is 14.5 Å². The topological polar surface area (TPSA) is 59.8 Å². The maximum atomic E-state index is 13.7. The zero-order valence-corrected chi connectivity index (χ0v) is 19.7. The number of anilines is 1. The molecule has 1 aliphatic rings. The van der Waals surface area contributed by atoms with Gasteiger partial charge in [0.2, 0.25) is 0 Å². The molecular formula is C24H26ClF3N4O3. The lowest BCUT2D eigenvalue weighted by atomic mass is 10.3. The SMILES string of the molecule is Cl.O=c1c(N2CCN(CCOc3ccccc3)CC2)nccn1CCOc1cc(F)c(F)cc1F. The van der Waals surface area contributed by atoms with Gasteiger partial charge in [0.25, 0.3) is 5.56 Å². The summed E-state index contributed by atoms with van der Waals surface area (Å²) in [4.78, 5) is 21.3. The fraction of sp³-hybridized carbons (Fsp3) is 0.333. The van der Waals surface area contributed by atoms with E-state index in [4.69, 9.17) is 9.47 Å². The quantitative estimate of drug-likeness (QED) is 0.411. The van der Waals surface area contributed by atoms with Crippen LogP contribution < -0.4 is 19.9 Å². The number of rotatable bonds is 9. The zero-order chi connectivity index (χ0) is 23.9. The van der Waals surface area contributed by atoms with Gasteiger partial charge in [0.1, 0.15) is 19.0 Å². The van der Waals surface area contributed by atoms with Crippen molar-refractivity contribution < 1.29 is 22.6 Å². The van der Waals surface area contributed by atoms with Crippen LogP contribution in [0.4, 0.5) is 19.0 Å². The number of piperazine rings is 1. The monoisotopic (exact) mass is 510 g/mol. The van der Waals surface area contributed by atoms with E-state index in [-0.39, 0.29) is 31.1 Å². The highest BCUT2D eigenvalue weighted by Crippen LogP contribution is 2.20. The highest BCUT2D eigenvalue weighted by molar-refractivity contribution is 5.85. The summed E-state index contributed by atoms with van der Waals surface area (Å²) in [5.74, 6) is -2.73. The predicted octanol–water partition coefficient (Wildman–Crippen LogP) is 3.36. The molecule has 35 heavy (non-hydrogen) atoms. The van der Waals surface area contributed by atoms with Crippen LogP contribution in [0.25, 0.3) is 0 Å². The van der Waals surface area contributed by atoms with E-state index in [1.165, 1.54) is 17.0 Å². The van der Waals surface area contributed by atoms with Crippen LogP contribution in [0, 0.1) is 17.5 Å². The molecule has 188 valence electrons. The Bertz CT molecular complexity index is 1160. The van der Waals surface area contributed by atoms with Gasteiger partial charge in [-0.25, -0.2) is 18.2 Å². The van der Waals surface area contributed by atoms with Gasteiger partial charge in [-0.3, -0.25) is 9.69 Å². The molecule has 1 aromatic heterocycles. The average Bonchev–Trinajstić information content (AvgIpc) is 2.84. The third-order valence-corrected chi connectivity index (χ3v) is 5.55. The van der Waals surface area contributed by atoms with Gasteiger partial charge in [0, 0.05) is 57.3 Å². The van der Waals surface area contributed by atoms with Crippen molar-refractivity contribution in [2.24, 2.45) is 0 Å². The summed E-state index contributed by atoms with van der Waals surface area (Å²) in [7, 11) is 0. The Morgan fingerprint density at radius 2 is 1.54 bits per heavy atom. The molecule has 0 N–H and O–H groups in total. The Morgan fingerprint density at radius 1 is 0.857 bits per heavy atom. The third kappa shape index (κ3) is 6.89. The van der Waals surface area contributed by atoms with Gasteiger partial charge in [0.05, 0.1) is 6.54 Å². The Morgan fingerprint density at radius 3 is 2.29 bits per heavy atom. The van der Waals surface area contributed by atoms with Crippen LogP contribution in [0.1, 0.15) is 0 Å². The smallest absolute Gasteiger partial charge is 0.293 e. The largest absolute Gasteiger partial charge is 0.492 e. The van der Waals surface area contributed by atoms with E-state index in [1.54, 1.807) is 0 Å². The number of halogens is 4. The number of para-hydroxylation sites is 1. The minimum Gasteiger partial charge on any atom is -0.492 e. The minimum absolute atomic E-state index is 0. The molecule has 2 aromatic carbocycles. The van der Waals surface area contributed by atoms with Gasteiger partial charge in [-0.05, 0) is 12.1 Å². The van der Waals surface area contributed by atoms with E-state index in [0.29, 0.717) is 37.6 Å². The molecule has 1 saturated heterocycles. The Balaban J connectivity index is 0.00000342. The number of aromatic nitrogens is 2. The van der Waals surface area contributed by atoms with E-state index in [2.05, 4.69) is 9.88 Å². The number of hydrogen-bond acceptors (Lipinski definition) is 6. The van der Waals surface area contributed by atoms with Crippen LogP contribution in [0.5, 0.6) is 11.5 Å². The fourth-order valence-electron chi connectivity index (χ4n) is 3.69. The Hall–Kier alpha value is -3.24. The number of hydrogen-bond donors (Lipinski definition) is 0. The predicted molar refractivity (Wildman–Crippen MR) is 128 cm³/mol. The van der Waals surface area contributed by atoms with Crippen LogP contribution in [0.3, 0.4) is 0 Å². The van der Waals surface area contributed by atoms with E-state index in [0.717, 1.165) is 25.4 Å². The molecule has 0 radical (unpaired) electrons. The number of nitrogens with zero attached hydrogens (tertiary/aromatic N) is 4. The average molecular weight is 511 g/mol. The molecule has 0 atom stereocenters. The first-order valence-corrected chi connectivity index (χ1v) is 11.0. The number of benzene rings is 2. The van der Waals surface area contributed by atoms with Crippen molar-refractivity contribution in [1.29, 1.82) is 0 Å². The molecule has 1 fully saturated rings. The number of ether oxygens (including phenoxy) is 2. The lowest BCUT2D eigenvalue weighted by Gasteiger charge is -2.34. The molecule has 2 heterocycles. The van der Waals surface area contributed by atoms with Gasteiger partial charge < -0.3 is 18.9 Å². The normalized spacial score (nSPS) is 13.9. The highest BCUT2D eigenvalue weighted by Gasteiger charge is 2.21. The van der Waals surface area contributed by atoms with Gasteiger partial charge in [-0.15, -0.1) is 12.4 Å². The second kappa shape index (κ2) is 12.5. The molecule has 4 rings (SSSR count). The maximum absolute atomic E-state index is 13.7. The summed E-state index contributed by atoms with van der Waals surface area (Å²) < 4.78 is 52.4. The van der Waals surface area contributed by atoms with Crippen molar-refractivity contribution in [3.8, 4) is 11.5 Å². The van der Waals surface area contributed by atoms with E-state index < -0.39 is 23.2 Å². The van der Waals surface area contributed by atoms with Crippen molar-refractivity contribution in [2.45, 2.75) is 6.54 Å². The molecule has 11 heteroatoms. The van der Waals surface area contributed by atoms with E-state index in [9.17, 15) is 18.0 Å². The van der Waals surface area contributed by atoms with Crippen LogP contribution in [0.15, 0.2) is 59.7 Å². The molecule has 3 aromatic rings. The van der Waals surface area contributed by atoms with Crippen molar-refractivity contribution >= 4 is 18.2 Å². The molecule has 0 bridgehead atoms. The molecule has 0 unspecified atom stereocenters. The van der Waals surface area contributed by atoms with E-state index in [1.807, 2.05) is 35.2 Å². The molecular weight excluding hydrogens is 485 g/mol. The van der Waals surface area contributed by atoms with Gasteiger partial charge in [-0.1, -0.05) is 18.2 Å². The Labute approximate surface area is 207 Å². The van der Waals surface area contributed by atoms with Gasteiger partial charge >= 0.3 is 0 Å². The molecule has 0 aliphatic carbocycles. The summed E-state index contributed by atoms with van der Waals surface area (Å²) in [5, 5.41) is 0. The van der Waals surface area contributed by atoms with Crippen molar-refractivity contribution in [3.05, 3.63) is 82.7 Å². The summed E-state index contributed by atoms with van der Waals surface area (Å²) in [6.07, 6.45) is 3.03. The first kappa shape index (κ1) is 26.4. The molecule has 0 spiro atoms. The first-order valence-electron chi connectivity index (χ1n) is 11.0. The molecule has 0 saturated carbocycles. The third-order valence-electron chi connectivity index (χ3n) is 5.55. The van der Waals surface area contributed by atoms with Gasteiger partial charge in [0.15, 0.2) is 29.0 Å². The lowest BCUT2D eigenvalue weighted by molar-refractivity contribution is 0.200. The van der Waals surface area contributed by atoms with Crippen LogP contribution >= 0.6 is 12.4 Å². The second-order valence-corrected chi connectivity index (χ2v) is 7.78. The van der Waals surface area contributed by atoms with E-state index >= 15 is 0 Å². The van der Waals surface area contributed by atoms with Crippen LogP contribution in [0.2, 0.25) is 0 Å². The lowest BCUT2D eigenvalue weighted by Crippen LogP contribution is -2.49. The summed E-state index contributed by atoms with van der Waals surface area (Å²) in [6.45, 7) is 4.21. The standard InChI is InChI=1S/C24H25F3N4O3.ClH/c25-19-16-21(27)22(17-20(19)26)34-15-13-31-7-6-28-23(24(31)32)30-10-8-29(9-11-30)12-14-33-18-4-2-1-3-5-18;/h1-7,16-17H,8-15H2;1H. The van der Waals surface area contributed by atoms with Crippen LogP contribution in [-0.2, 0) is 6.54 Å². The highest BCUT2D eigenvalue weighted by atomic mass is 35.5. The second-order valence-electron chi connectivity index (χ2n) is 7.78. The van der Waals surface area contributed by atoms with Crippen molar-refractivity contribution in [2.75, 3.05) is 50.8 Å².